The third-order valence-electron chi connectivity index (χ3n) is 4.16. The monoisotopic (exact) mass is 372 g/mol. The minimum Gasteiger partial charge on any atom is -0.372 e. The van der Waals surface area contributed by atoms with Gasteiger partial charge in [0.05, 0.1) is 5.56 Å². The second-order valence-electron chi connectivity index (χ2n) is 6.05. The molecule has 1 aliphatic rings. The summed E-state index contributed by atoms with van der Waals surface area (Å²) < 4.78 is 37.0. The summed E-state index contributed by atoms with van der Waals surface area (Å²) in [4.78, 5) is 20.0. The first-order valence-electron chi connectivity index (χ1n) is 8.25. The molecule has 1 amide bonds. The Hall–Kier alpha value is -2.36. The zero-order chi connectivity index (χ0) is 19.3. The molecular formula is C16H23F3N6O. The van der Waals surface area contributed by atoms with Crippen LogP contribution in [0, 0.1) is 0 Å². The summed E-state index contributed by atoms with van der Waals surface area (Å²) in [6.07, 6.45) is -1.51. The molecule has 144 valence electrons. The molecule has 1 aromatic rings. The standard InChI is InChI=1S/C16H23F3N6O/c1-4-12-14(20-2)21-10-22-15(12)24(3)25-7-5-6-11(9-25)23-13(26)8-16(17,18)19/h4,10-11H,1,5-9H2,2-3H3,(H,23,26)(H,20,21,22). The van der Waals surface area contributed by atoms with Crippen LogP contribution in [0.5, 0.6) is 0 Å². The molecule has 2 heterocycles. The van der Waals surface area contributed by atoms with Gasteiger partial charge in [0.1, 0.15) is 18.6 Å². The molecule has 1 unspecified atom stereocenters. The van der Waals surface area contributed by atoms with Crippen LogP contribution in [-0.4, -0.2) is 60.3 Å². The first kappa shape index (κ1) is 20.0. The minimum atomic E-state index is -4.50. The average molecular weight is 372 g/mol. The molecule has 10 heteroatoms. The van der Waals surface area contributed by atoms with Gasteiger partial charge in [-0.2, -0.15) is 13.2 Å². The van der Waals surface area contributed by atoms with Crippen molar-refractivity contribution < 1.29 is 18.0 Å². The third kappa shape index (κ3) is 5.07. The number of anilines is 2. The predicted molar refractivity (Wildman–Crippen MR) is 93.5 cm³/mol. The molecular weight excluding hydrogens is 349 g/mol. The van der Waals surface area contributed by atoms with Gasteiger partial charge >= 0.3 is 6.18 Å². The van der Waals surface area contributed by atoms with Gasteiger partial charge in [-0.25, -0.2) is 15.0 Å². The maximum absolute atomic E-state index is 12.3. The van der Waals surface area contributed by atoms with E-state index < -0.39 is 18.5 Å². The fourth-order valence-corrected chi connectivity index (χ4v) is 2.97. The van der Waals surface area contributed by atoms with E-state index in [9.17, 15) is 18.0 Å². The minimum absolute atomic E-state index is 0.348. The quantitative estimate of drug-likeness (QED) is 0.796. The molecule has 0 saturated carbocycles. The number of hydrogen-bond acceptors (Lipinski definition) is 6. The highest BCUT2D eigenvalue weighted by molar-refractivity contribution is 5.77. The van der Waals surface area contributed by atoms with E-state index in [2.05, 4.69) is 27.2 Å². The summed E-state index contributed by atoms with van der Waals surface area (Å²) >= 11 is 0. The zero-order valence-corrected chi connectivity index (χ0v) is 14.8. The van der Waals surface area contributed by atoms with Crippen molar-refractivity contribution in [2.45, 2.75) is 31.5 Å². The Bertz CT molecular complexity index is 651. The van der Waals surface area contributed by atoms with Crippen molar-refractivity contribution in [2.75, 3.05) is 37.5 Å². The van der Waals surface area contributed by atoms with E-state index in [0.29, 0.717) is 31.1 Å². The van der Waals surface area contributed by atoms with Crippen LogP contribution in [-0.2, 0) is 4.79 Å². The van der Waals surface area contributed by atoms with E-state index in [0.717, 1.165) is 12.0 Å². The number of carbonyl (C=O) groups excluding carboxylic acids is 1. The third-order valence-corrected chi connectivity index (χ3v) is 4.16. The normalized spacial score (nSPS) is 18.3. The van der Waals surface area contributed by atoms with E-state index in [1.165, 1.54) is 6.33 Å². The lowest BCUT2D eigenvalue weighted by Gasteiger charge is -2.39. The van der Waals surface area contributed by atoms with Crippen molar-refractivity contribution in [1.29, 1.82) is 0 Å². The van der Waals surface area contributed by atoms with Crippen LogP contribution in [0.2, 0.25) is 0 Å². The van der Waals surface area contributed by atoms with E-state index in [4.69, 9.17) is 0 Å². The Morgan fingerprint density at radius 2 is 2.23 bits per heavy atom. The number of nitrogens with zero attached hydrogens (tertiary/aromatic N) is 4. The molecule has 1 aliphatic heterocycles. The summed E-state index contributed by atoms with van der Waals surface area (Å²) in [5.41, 5.74) is 0.723. The number of alkyl halides is 3. The molecule has 1 saturated heterocycles. The number of rotatable bonds is 6. The van der Waals surface area contributed by atoms with E-state index in [1.807, 2.05) is 17.1 Å². The van der Waals surface area contributed by atoms with Crippen LogP contribution < -0.4 is 15.6 Å². The number of nitrogens with one attached hydrogen (secondary N) is 2. The summed E-state index contributed by atoms with van der Waals surface area (Å²) in [5, 5.41) is 9.20. The van der Waals surface area contributed by atoms with Gasteiger partial charge in [0, 0.05) is 33.2 Å². The highest BCUT2D eigenvalue weighted by atomic mass is 19.4. The van der Waals surface area contributed by atoms with Crippen molar-refractivity contribution in [2.24, 2.45) is 0 Å². The van der Waals surface area contributed by atoms with Gasteiger partial charge in [-0.05, 0) is 12.8 Å². The summed E-state index contributed by atoms with van der Waals surface area (Å²) in [6, 6.07) is -0.348. The molecule has 2 rings (SSSR count). The highest BCUT2D eigenvalue weighted by Gasteiger charge is 2.33. The maximum atomic E-state index is 12.3. The van der Waals surface area contributed by atoms with Gasteiger partial charge in [-0.1, -0.05) is 12.7 Å². The van der Waals surface area contributed by atoms with Crippen LogP contribution in [0.25, 0.3) is 6.08 Å². The van der Waals surface area contributed by atoms with Gasteiger partial charge in [-0.15, -0.1) is 0 Å². The van der Waals surface area contributed by atoms with Crippen LogP contribution in [0.15, 0.2) is 12.9 Å². The molecule has 2 N–H and O–H groups in total. The first-order valence-corrected chi connectivity index (χ1v) is 8.25. The summed E-state index contributed by atoms with van der Waals surface area (Å²) in [7, 11) is 3.56. The van der Waals surface area contributed by atoms with E-state index in [1.54, 1.807) is 13.1 Å². The molecule has 0 aromatic carbocycles. The molecule has 0 aliphatic carbocycles. The number of amides is 1. The average Bonchev–Trinajstić information content (AvgIpc) is 2.58. The number of hydrogen-bond donors (Lipinski definition) is 2. The Balaban J connectivity index is 2.07. The number of carbonyl (C=O) groups is 1. The molecule has 7 nitrogen and oxygen atoms in total. The first-order chi connectivity index (χ1) is 12.2. The van der Waals surface area contributed by atoms with Gasteiger partial charge in [0.2, 0.25) is 5.91 Å². The molecule has 0 radical (unpaired) electrons. The highest BCUT2D eigenvalue weighted by Crippen LogP contribution is 2.26. The lowest BCUT2D eigenvalue weighted by atomic mass is 10.1. The van der Waals surface area contributed by atoms with Crippen molar-refractivity contribution >= 4 is 23.6 Å². The van der Waals surface area contributed by atoms with Crippen molar-refractivity contribution in [1.82, 2.24) is 20.3 Å². The Morgan fingerprint density at radius 3 is 2.85 bits per heavy atom. The van der Waals surface area contributed by atoms with Crippen LogP contribution in [0.1, 0.15) is 24.8 Å². The topological polar surface area (TPSA) is 73.4 Å². The lowest BCUT2D eigenvalue weighted by Crippen LogP contribution is -2.53. The fraction of sp³-hybridized carbons (Fsp3) is 0.562. The van der Waals surface area contributed by atoms with E-state index >= 15 is 0 Å². The Morgan fingerprint density at radius 1 is 1.50 bits per heavy atom. The fourth-order valence-electron chi connectivity index (χ4n) is 2.97. The zero-order valence-electron chi connectivity index (χ0n) is 14.8. The number of hydrazine groups is 1. The van der Waals surface area contributed by atoms with Gasteiger partial charge in [0.25, 0.3) is 0 Å². The number of halogens is 3. The molecule has 1 atom stereocenters. The molecule has 1 fully saturated rings. The van der Waals surface area contributed by atoms with Gasteiger partial charge < -0.3 is 10.6 Å². The van der Waals surface area contributed by atoms with Gasteiger partial charge in [0.15, 0.2) is 5.82 Å². The number of piperidine rings is 1. The molecule has 1 aromatic heterocycles. The van der Waals surface area contributed by atoms with Crippen LogP contribution >= 0.6 is 0 Å². The molecule has 0 spiro atoms. The van der Waals surface area contributed by atoms with Gasteiger partial charge in [-0.3, -0.25) is 9.80 Å². The maximum Gasteiger partial charge on any atom is 0.397 e. The Labute approximate surface area is 150 Å². The largest absolute Gasteiger partial charge is 0.397 e. The van der Waals surface area contributed by atoms with Crippen molar-refractivity contribution in [3.05, 3.63) is 18.5 Å². The van der Waals surface area contributed by atoms with Crippen molar-refractivity contribution in [3.8, 4) is 0 Å². The smallest absolute Gasteiger partial charge is 0.372 e. The predicted octanol–water partition coefficient (Wildman–Crippen LogP) is 2.05. The molecule has 0 bridgehead atoms. The van der Waals surface area contributed by atoms with Crippen LogP contribution in [0.4, 0.5) is 24.8 Å². The van der Waals surface area contributed by atoms with Crippen LogP contribution in [0.3, 0.4) is 0 Å². The van der Waals surface area contributed by atoms with E-state index in [-0.39, 0.29) is 6.04 Å². The van der Waals surface area contributed by atoms with Crippen molar-refractivity contribution in [3.63, 3.8) is 0 Å². The second kappa shape index (κ2) is 8.35. The number of aromatic nitrogens is 2. The second-order valence-corrected chi connectivity index (χ2v) is 6.05. The lowest BCUT2D eigenvalue weighted by molar-refractivity contribution is -0.154. The summed E-state index contributed by atoms with van der Waals surface area (Å²) in [6.45, 7) is 4.89. The molecule has 26 heavy (non-hydrogen) atoms. The SMILES string of the molecule is C=Cc1c(NC)ncnc1N(C)N1CCCC(NC(=O)CC(F)(F)F)C1. The summed E-state index contributed by atoms with van der Waals surface area (Å²) in [5.74, 6) is 0.254. The Kier molecular flexibility index (Phi) is 6.41.